The minimum absolute atomic E-state index is 0.120. The third-order valence-corrected chi connectivity index (χ3v) is 4.22. The first-order valence-electron chi connectivity index (χ1n) is 8.54. The Morgan fingerprint density at radius 3 is 2.60 bits per heavy atom. The Morgan fingerprint density at radius 1 is 1.20 bits per heavy atom. The molecular weight excluding hydrogens is 314 g/mol. The SMILES string of the molecule is CCCn1c(C(C)NC(=O)c2ccc(OC)cc2)nc2ccccc21. The van der Waals surface area contributed by atoms with Gasteiger partial charge in [0, 0.05) is 12.1 Å². The number of nitrogens with one attached hydrogen (secondary N) is 1. The summed E-state index contributed by atoms with van der Waals surface area (Å²) in [5.74, 6) is 1.49. The van der Waals surface area contributed by atoms with Crippen LogP contribution < -0.4 is 10.1 Å². The molecule has 0 saturated heterocycles. The van der Waals surface area contributed by atoms with E-state index in [0.29, 0.717) is 5.56 Å². The van der Waals surface area contributed by atoms with Crippen molar-refractivity contribution in [2.45, 2.75) is 32.9 Å². The van der Waals surface area contributed by atoms with Gasteiger partial charge in [-0.15, -0.1) is 0 Å². The average Bonchev–Trinajstić information content (AvgIpc) is 3.01. The molecule has 0 spiro atoms. The summed E-state index contributed by atoms with van der Waals surface area (Å²) in [7, 11) is 1.61. The van der Waals surface area contributed by atoms with Crippen LogP contribution in [0.2, 0.25) is 0 Å². The van der Waals surface area contributed by atoms with Crippen LogP contribution in [0.15, 0.2) is 48.5 Å². The number of hydrogen-bond donors (Lipinski definition) is 1. The van der Waals surface area contributed by atoms with Gasteiger partial charge in [0.2, 0.25) is 0 Å². The molecule has 25 heavy (non-hydrogen) atoms. The molecule has 1 atom stereocenters. The van der Waals surface area contributed by atoms with E-state index in [0.717, 1.165) is 35.6 Å². The van der Waals surface area contributed by atoms with Gasteiger partial charge in [-0.05, 0) is 49.7 Å². The number of nitrogens with zero attached hydrogens (tertiary/aromatic N) is 2. The Balaban J connectivity index is 1.84. The van der Waals surface area contributed by atoms with Crippen LogP contribution in [0.25, 0.3) is 11.0 Å². The van der Waals surface area contributed by atoms with Crippen molar-refractivity contribution in [3.63, 3.8) is 0 Å². The van der Waals surface area contributed by atoms with Gasteiger partial charge < -0.3 is 14.6 Å². The lowest BCUT2D eigenvalue weighted by Crippen LogP contribution is -2.28. The molecule has 0 fully saturated rings. The maximum absolute atomic E-state index is 12.5. The van der Waals surface area contributed by atoms with E-state index in [4.69, 9.17) is 9.72 Å². The molecule has 1 unspecified atom stereocenters. The maximum Gasteiger partial charge on any atom is 0.251 e. The molecule has 3 rings (SSSR count). The summed E-state index contributed by atoms with van der Waals surface area (Å²) in [6, 6.07) is 15.0. The molecule has 0 saturated carbocycles. The van der Waals surface area contributed by atoms with Gasteiger partial charge >= 0.3 is 0 Å². The van der Waals surface area contributed by atoms with E-state index in [-0.39, 0.29) is 11.9 Å². The van der Waals surface area contributed by atoms with E-state index >= 15 is 0 Å². The first kappa shape index (κ1) is 17.0. The highest BCUT2D eigenvalue weighted by Crippen LogP contribution is 2.22. The highest BCUT2D eigenvalue weighted by atomic mass is 16.5. The van der Waals surface area contributed by atoms with Crippen molar-refractivity contribution in [3.8, 4) is 5.75 Å². The van der Waals surface area contributed by atoms with Gasteiger partial charge in [0.05, 0.1) is 24.2 Å². The maximum atomic E-state index is 12.5. The molecule has 1 aromatic heterocycles. The van der Waals surface area contributed by atoms with Crippen LogP contribution >= 0.6 is 0 Å². The monoisotopic (exact) mass is 337 g/mol. The number of amides is 1. The third kappa shape index (κ3) is 3.50. The van der Waals surface area contributed by atoms with Gasteiger partial charge in [-0.3, -0.25) is 4.79 Å². The van der Waals surface area contributed by atoms with Crippen molar-refractivity contribution in [1.82, 2.24) is 14.9 Å². The van der Waals surface area contributed by atoms with Gasteiger partial charge in [-0.25, -0.2) is 4.98 Å². The molecule has 0 bridgehead atoms. The lowest BCUT2D eigenvalue weighted by atomic mass is 10.2. The van der Waals surface area contributed by atoms with Crippen LogP contribution in [0, 0.1) is 0 Å². The normalized spacial score (nSPS) is 12.1. The highest BCUT2D eigenvalue weighted by Gasteiger charge is 2.18. The Morgan fingerprint density at radius 2 is 1.92 bits per heavy atom. The molecule has 0 radical (unpaired) electrons. The molecule has 1 amide bonds. The minimum Gasteiger partial charge on any atom is -0.497 e. The zero-order valence-corrected chi connectivity index (χ0v) is 14.8. The van der Waals surface area contributed by atoms with Gasteiger partial charge in [0.1, 0.15) is 11.6 Å². The molecule has 0 aliphatic rings. The smallest absolute Gasteiger partial charge is 0.251 e. The van der Waals surface area contributed by atoms with Crippen LogP contribution in [-0.2, 0) is 6.54 Å². The van der Waals surface area contributed by atoms with E-state index in [9.17, 15) is 4.79 Å². The molecule has 5 nitrogen and oxygen atoms in total. The van der Waals surface area contributed by atoms with Crippen molar-refractivity contribution >= 4 is 16.9 Å². The molecule has 0 aliphatic carbocycles. The van der Waals surface area contributed by atoms with Gasteiger partial charge in [-0.2, -0.15) is 0 Å². The van der Waals surface area contributed by atoms with E-state index in [1.807, 2.05) is 25.1 Å². The fourth-order valence-corrected chi connectivity index (χ4v) is 2.97. The zero-order valence-electron chi connectivity index (χ0n) is 14.8. The van der Waals surface area contributed by atoms with Gasteiger partial charge in [0.25, 0.3) is 5.91 Å². The first-order chi connectivity index (χ1) is 12.1. The van der Waals surface area contributed by atoms with Crippen LogP contribution in [0.1, 0.15) is 42.5 Å². The van der Waals surface area contributed by atoms with Crippen molar-refractivity contribution in [2.24, 2.45) is 0 Å². The van der Waals surface area contributed by atoms with Crippen LogP contribution in [0.3, 0.4) is 0 Å². The predicted octanol–water partition coefficient (Wildman–Crippen LogP) is 3.95. The van der Waals surface area contributed by atoms with Crippen molar-refractivity contribution in [1.29, 1.82) is 0 Å². The van der Waals surface area contributed by atoms with E-state index < -0.39 is 0 Å². The topological polar surface area (TPSA) is 56.2 Å². The van der Waals surface area contributed by atoms with Crippen LogP contribution in [0.4, 0.5) is 0 Å². The van der Waals surface area contributed by atoms with E-state index in [1.54, 1.807) is 31.4 Å². The number of para-hydroxylation sites is 2. The number of benzene rings is 2. The average molecular weight is 337 g/mol. The second-order valence-corrected chi connectivity index (χ2v) is 6.03. The summed E-state index contributed by atoms with van der Waals surface area (Å²) in [5.41, 5.74) is 2.66. The number of aromatic nitrogens is 2. The number of rotatable bonds is 6. The summed E-state index contributed by atoms with van der Waals surface area (Å²) < 4.78 is 7.32. The second kappa shape index (κ2) is 7.38. The molecule has 5 heteroatoms. The number of fused-ring (bicyclic) bond motifs is 1. The molecular formula is C20H23N3O2. The molecule has 0 aliphatic heterocycles. The fraction of sp³-hybridized carbons (Fsp3) is 0.300. The number of carbonyl (C=O) groups is 1. The van der Waals surface area contributed by atoms with Crippen molar-refractivity contribution in [2.75, 3.05) is 7.11 Å². The van der Waals surface area contributed by atoms with Gasteiger partial charge in [0.15, 0.2) is 0 Å². The van der Waals surface area contributed by atoms with E-state index in [2.05, 4.69) is 22.9 Å². The van der Waals surface area contributed by atoms with Crippen molar-refractivity contribution < 1.29 is 9.53 Å². The zero-order chi connectivity index (χ0) is 17.8. The summed E-state index contributed by atoms with van der Waals surface area (Å²) >= 11 is 0. The molecule has 2 aromatic carbocycles. The Bertz CT molecular complexity index is 868. The Hall–Kier alpha value is -2.82. The lowest BCUT2D eigenvalue weighted by molar-refractivity contribution is 0.0937. The lowest BCUT2D eigenvalue weighted by Gasteiger charge is -2.16. The second-order valence-electron chi connectivity index (χ2n) is 6.03. The minimum atomic E-state index is -0.187. The summed E-state index contributed by atoms with van der Waals surface area (Å²) in [6.45, 7) is 4.98. The molecule has 1 heterocycles. The van der Waals surface area contributed by atoms with Crippen LogP contribution in [0.5, 0.6) is 5.75 Å². The molecule has 1 N–H and O–H groups in total. The Labute approximate surface area is 147 Å². The number of ether oxygens (including phenoxy) is 1. The molecule has 3 aromatic rings. The number of methoxy groups -OCH3 is 1. The number of hydrogen-bond acceptors (Lipinski definition) is 3. The predicted molar refractivity (Wildman–Crippen MR) is 98.9 cm³/mol. The number of imidazole rings is 1. The first-order valence-corrected chi connectivity index (χ1v) is 8.54. The molecule has 130 valence electrons. The third-order valence-electron chi connectivity index (χ3n) is 4.22. The Kier molecular flexibility index (Phi) is 5.03. The standard InChI is InChI=1S/C20H23N3O2/c1-4-13-23-18-8-6-5-7-17(18)22-19(23)14(2)21-20(24)15-9-11-16(25-3)12-10-15/h5-12,14H,4,13H2,1-3H3,(H,21,24). The number of carbonyl (C=O) groups excluding carboxylic acids is 1. The fourth-order valence-electron chi connectivity index (χ4n) is 2.97. The van der Waals surface area contributed by atoms with E-state index in [1.165, 1.54) is 0 Å². The van der Waals surface area contributed by atoms with Crippen LogP contribution in [-0.4, -0.2) is 22.6 Å². The summed E-state index contributed by atoms with van der Waals surface area (Å²) in [5, 5.41) is 3.05. The largest absolute Gasteiger partial charge is 0.497 e. The summed E-state index contributed by atoms with van der Waals surface area (Å²) in [4.78, 5) is 17.3. The van der Waals surface area contributed by atoms with Gasteiger partial charge in [-0.1, -0.05) is 19.1 Å². The number of aryl methyl sites for hydroxylation is 1. The summed E-state index contributed by atoms with van der Waals surface area (Å²) in [6.07, 6.45) is 1.01. The quantitative estimate of drug-likeness (QED) is 0.741. The van der Waals surface area contributed by atoms with Crippen molar-refractivity contribution in [3.05, 3.63) is 59.9 Å². The highest BCUT2D eigenvalue weighted by molar-refractivity contribution is 5.94.